The van der Waals surface area contributed by atoms with E-state index in [2.05, 4.69) is 0 Å². The van der Waals surface area contributed by atoms with Crippen LogP contribution in [0.1, 0.15) is 35.6 Å². The van der Waals surface area contributed by atoms with E-state index < -0.39 is 5.25 Å². The molecule has 0 saturated carbocycles. The number of nitrogens with one attached hydrogen (secondary N) is 1. The fourth-order valence-corrected chi connectivity index (χ4v) is 5.55. The lowest BCUT2D eigenvalue weighted by atomic mass is 9.98. The number of halogens is 1. The van der Waals surface area contributed by atoms with Crippen molar-refractivity contribution in [3.05, 3.63) is 94.5 Å². The zero-order valence-electron chi connectivity index (χ0n) is 20.3. The van der Waals surface area contributed by atoms with Crippen molar-refractivity contribution in [3.8, 4) is 5.75 Å². The maximum absolute atomic E-state index is 13.2. The van der Waals surface area contributed by atoms with Crippen LogP contribution in [0.4, 0.5) is 5.69 Å². The molecular weight excluding hydrogens is 508 g/mol. The molecule has 5 rings (SSSR count). The molecule has 0 bridgehead atoms. The van der Waals surface area contributed by atoms with Crippen LogP contribution >= 0.6 is 23.4 Å². The van der Waals surface area contributed by atoms with Crippen molar-refractivity contribution in [3.63, 3.8) is 0 Å². The second-order valence-corrected chi connectivity index (χ2v) is 10.5. The van der Waals surface area contributed by atoms with Crippen LogP contribution in [0.25, 0.3) is 0 Å². The molecule has 3 aromatic carbocycles. The Labute approximate surface area is 224 Å². The van der Waals surface area contributed by atoms with E-state index in [9.17, 15) is 9.59 Å². The zero-order valence-corrected chi connectivity index (χ0v) is 21.9. The number of anilines is 1. The zero-order chi connectivity index (χ0) is 26.1. The third-order valence-corrected chi connectivity index (χ3v) is 7.76. The first-order valence-electron chi connectivity index (χ1n) is 11.8. The van der Waals surface area contributed by atoms with Crippen LogP contribution in [0.3, 0.4) is 0 Å². The van der Waals surface area contributed by atoms with E-state index in [0.717, 1.165) is 34.2 Å². The van der Waals surface area contributed by atoms with E-state index in [1.54, 1.807) is 36.4 Å². The molecule has 3 aromatic rings. The third-order valence-electron chi connectivity index (χ3n) is 6.45. The lowest BCUT2D eigenvalue weighted by Crippen LogP contribution is -2.32. The van der Waals surface area contributed by atoms with Gasteiger partial charge in [0, 0.05) is 17.9 Å². The maximum atomic E-state index is 13.2. The molecular formula is C28H25ClN4O3S. The monoisotopic (exact) mass is 532 g/mol. The lowest BCUT2D eigenvalue weighted by Gasteiger charge is -2.24. The Morgan fingerprint density at radius 1 is 1.00 bits per heavy atom. The van der Waals surface area contributed by atoms with Gasteiger partial charge in [-0.15, -0.1) is 0 Å². The predicted octanol–water partition coefficient (Wildman–Crippen LogP) is 5.81. The van der Waals surface area contributed by atoms with Gasteiger partial charge in [0.1, 0.15) is 11.0 Å². The summed E-state index contributed by atoms with van der Waals surface area (Å²) in [7, 11) is 1.56. The summed E-state index contributed by atoms with van der Waals surface area (Å²) in [5, 5.41) is 15.4. The third kappa shape index (κ3) is 5.12. The van der Waals surface area contributed by atoms with Crippen LogP contribution in [0.5, 0.6) is 5.75 Å². The summed E-state index contributed by atoms with van der Waals surface area (Å²) in [6.07, 6.45) is 0.620. The van der Waals surface area contributed by atoms with Gasteiger partial charge in [-0.25, -0.2) is 9.91 Å². The highest BCUT2D eigenvalue weighted by Gasteiger charge is 2.42. The molecule has 188 valence electrons. The Bertz CT molecular complexity index is 1370. The minimum atomic E-state index is -0.702. The van der Waals surface area contributed by atoms with Gasteiger partial charge in [-0.2, -0.15) is 5.10 Å². The molecule has 1 N–H and O–H groups in total. The highest BCUT2D eigenvalue weighted by atomic mass is 35.5. The number of nitrogens with zero attached hydrogens (tertiary/aromatic N) is 3. The van der Waals surface area contributed by atoms with Gasteiger partial charge in [-0.05, 0) is 54.4 Å². The van der Waals surface area contributed by atoms with Crippen LogP contribution in [0, 0.1) is 12.3 Å². The molecule has 7 nitrogen and oxygen atoms in total. The Balaban J connectivity index is 1.38. The van der Waals surface area contributed by atoms with Crippen LogP contribution in [-0.2, 0) is 9.59 Å². The van der Waals surface area contributed by atoms with Gasteiger partial charge in [0.15, 0.2) is 5.17 Å². The van der Waals surface area contributed by atoms with E-state index in [0.29, 0.717) is 22.9 Å². The van der Waals surface area contributed by atoms with Crippen molar-refractivity contribution in [1.29, 1.82) is 5.41 Å². The van der Waals surface area contributed by atoms with Crippen LogP contribution < -0.4 is 9.64 Å². The molecule has 0 unspecified atom stereocenters. The van der Waals surface area contributed by atoms with Crippen LogP contribution in [0.2, 0.25) is 5.02 Å². The number of hydrogen-bond donors (Lipinski definition) is 1. The number of imide groups is 1. The summed E-state index contributed by atoms with van der Waals surface area (Å²) in [5.41, 5.74) is 4.46. The Hall–Kier alpha value is -3.62. The number of methoxy groups -OCH3 is 1. The summed E-state index contributed by atoms with van der Waals surface area (Å²) in [6, 6.07) is 22.2. The molecule has 2 aliphatic heterocycles. The Morgan fingerprint density at radius 3 is 2.32 bits per heavy atom. The van der Waals surface area contributed by atoms with E-state index in [4.69, 9.17) is 26.8 Å². The molecule has 1 fully saturated rings. The van der Waals surface area contributed by atoms with Crippen LogP contribution in [-0.4, -0.2) is 40.1 Å². The first-order chi connectivity index (χ1) is 17.8. The van der Waals surface area contributed by atoms with Crippen molar-refractivity contribution < 1.29 is 14.3 Å². The van der Waals surface area contributed by atoms with Gasteiger partial charge in [-0.3, -0.25) is 15.0 Å². The topological polar surface area (TPSA) is 86.1 Å². The summed E-state index contributed by atoms with van der Waals surface area (Å²) in [4.78, 5) is 27.2. The average Bonchev–Trinajstić information content (AvgIpc) is 3.46. The molecule has 2 heterocycles. The van der Waals surface area contributed by atoms with Crippen molar-refractivity contribution in [2.75, 3.05) is 12.0 Å². The summed E-state index contributed by atoms with van der Waals surface area (Å²) < 4.78 is 5.17. The molecule has 9 heteroatoms. The first-order valence-corrected chi connectivity index (χ1v) is 13.0. The summed E-state index contributed by atoms with van der Waals surface area (Å²) in [6.45, 7) is 2.03. The van der Waals surface area contributed by atoms with E-state index in [-0.39, 0.29) is 29.4 Å². The number of ether oxygens (including phenoxy) is 1. The molecule has 2 aliphatic rings. The highest BCUT2D eigenvalue weighted by Crippen LogP contribution is 2.38. The highest BCUT2D eigenvalue weighted by molar-refractivity contribution is 8.14. The number of thioether (sulfide) groups is 1. The Kier molecular flexibility index (Phi) is 7.04. The van der Waals surface area contributed by atoms with E-state index in [1.807, 2.05) is 55.5 Å². The molecule has 37 heavy (non-hydrogen) atoms. The molecule has 1 saturated heterocycles. The van der Waals surface area contributed by atoms with E-state index >= 15 is 0 Å². The van der Waals surface area contributed by atoms with Crippen molar-refractivity contribution in [1.82, 2.24) is 5.01 Å². The molecule has 0 spiro atoms. The minimum absolute atomic E-state index is 0.0197. The number of amides is 2. The average molecular weight is 533 g/mol. The minimum Gasteiger partial charge on any atom is -0.497 e. The van der Waals surface area contributed by atoms with Gasteiger partial charge in [-0.1, -0.05) is 65.3 Å². The number of carbonyl (C=O) groups excluding carboxylic acids is 2. The molecule has 2 amide bonds. The van der Waals surface area contributed by atoms with Crippen molar-refractivity contribution >= 4 is 51.7 Å². The van der Waals surface area contributed by atoms with Crippen LogP contribution in [0.15, 0.2) is 77.9 Å². The van der Waals surface area contributed by atoms with Gasteiger partial charge < -0.3 is 4.74 Å². The summed E-state index contributed by atoms with van der Waals surface area (Å²) >= 11 is 7.17. The van der Waals surface area contributed by atoms with Gasteiger partial charge in [0.2, 0.25) is 11.8 Å². The van der Waals surface area contributed by atoms with Gasteiger partial charge in [0.05, 0.1) is 24.6 Å². The number of carbonyl (C=O) groups is 2. The Morgan fingerprint density at radius 2 is 1.68 bits per heavy atom. The lowest BCUT2D eigenvalue weighted by molar-refractivity contribution is -0.121. The van der Waals surface area contributed by atoms with Crippen molar-refractivity contribution in [2.24, 2.45) is 5.10 Å². The molecule has 0 aliphatic carbocycles. The SMILES string of the molecule is COc1ccc(N2C(=O)C[C@H](SC(=N)N3N=C(c4ccc(C)cc4)C[C@@H]3c3ccc(Cl)cc3)C2=O)cc1. The van der Waals surface area contributed by atoms with E-state index in [1.165, 1.54) is 4.90 Å². The number of amidine groups is 1. The maximum Gasteiger partial charge on any atom is 0.247 e. The predicted molar refractivity (Wildman–Crippen MR) is 148 cm³/mol. The summed E-state index contributed by atoms with van der Waals surface area (Å²) in [5.74, 6) is 0.00921. The quantitative estimate of drug-likeness (QED) is 0.255. The van der Waals surface area contributed by atoms with Gasteiger partial charge in [0.25, 0.3) is 0 Å². The first kappa shape index (κ1) is 25.0. The van der Waals surface area contributed by atoms with Gasteiger partial charge >= 0.3 is 0 Å². The largest absolute Gasteiger partial charge is 0.497 e. The fourth-order valence-electron chi connectivity index (χ4n) is 4.45. The number of hydrazone groups is 1. The van der Waals surface area contributed by atoms with Crippen molar-refractivity contribution in [2.45, 2.75) is 31.1 Å². The molecule has 0 radical (unpaired) electrons. The molecule has 0 aromatic heterocycles. The fraction of sp³-hybridized carbons (Fsp3) is 0.214. The second-order valence-electron chi connectivity index (χ2n) is 8.91. The second kappa shape index (κ2) is 10.4. The number of hydrogen-bond acceptors (Lipinski definition) is 6. The standard InChI is InChI=1S/C28H25ClN4O3S/c1-17-3-5-18(6-4-17)23-15-24(19-7-9-20(29)10-8-19)33(31-23)28(30)37-25-16-26(34)32(27(25)35)21-11-13-22(36-2)14-12-21/h3-14,24-25,30H,15-16H2,1-2H3/t24-,25+/m1/s1. The molecule has 2 atom stereocenters. The smallest absolute Gasteiger partial charge is 0.247 e. The number of rotatable bonds is 5. The normalized spacial score (nSPS) is 19.4. The number of aryl methyl sites for hydroxylation is 1. The number of benzene rings is 3.